The van der Waals surface area contributed by atoms with Gasteiger partial charge < -0.3 is 0 Å². The van der Waals surface area contributed by atoms with Crippen LogP contribution in [0.15, 0.2) is 161 Å². The highest BCUT2D eigenvalue weighted by atomic mass is 32.2. The lowest BCUT2D eigenvalue weighted by molar-refractivity contribution is 0.685. The summed E-state index contributed by atoms with van der Waals surface area (Å²) in [5.74, 6) is 0. The molecule has 1 aliphatic rings. The molecule has 0 spiro atoms. The topological polar surface area (TPSA) is 17.1 Å². The highest BCUT2D eigenvalue weighted by molar-refractivity contribution is 7.86. The summed E-state index contributed by atoms with van der Waals surface area (Å²) in [6.45, 7) is 2.06. The van der Waals surface area contributed by atoms with Crippen LogP contribution >= 0.6 is 0 Å². The van der Waals surface area contributed by atoms with Gasteiger partial charge in [0.25, 0.3) is 0 Å². The molecule has 0 fully saturated rings. The van der Waals surface area contributed by atoms with Gasteiger partial charge in [-0.05, 0) is 108 Å². The minimum absolute atomic E-state index is 0.914. The minimum atomic E-state index is -1.21. The first-order valence-corrected chi connectivity index (χ1v) is 16.5. The Morgan fingerprint density at radius 3 is 1.56 bits per heavy atom. The van der Waals surface area contributed by atoms with Crippen LogP contribution in [0.2, 0.25) is 0 Å². The van der Waals surface area contributed by atoms with Gasteiger partial charge in [0.05, 0.1) is 20.6 Å². The molecule has 45 heavy (non-hydrogen) atoms. The molecule has 212 valence electrons. The first kappa shape index (κ1) is 26.1. The van der Waals surface area contributed by atoms with E-state index in [-0.39, 0.29) is 0 Å². The van der Waals surface area contributed by atoms with Crippen LogP contribution in [0.25, 0.3) is 76.8 Å². The predicted molar refractivity (Wildman–Crippen MR) is 190 cm³/mol. The van der Waals surface area contributed by atoms with Crippen molar-refractivity contribution in [2.45, 2.75) is 16.7 Å². The summed E-state index contributed by atoms with van der Waals surface area (Å²) in [5, 5.41) is 7.70. The second-order valence-corrected chi connectivity index (χ2v) is 13.3. The van der Waals surface area contributed by atoms with Gasteiger partial charge in [-0.15, -0.1) is 0 Å². The molecular weight excluding hydrogens is 565 g/mol. The summed E-state index contributed by atoms with van der Waals surface area (Å²) in [6.07, 6.45) is 0. The van der Waals surface area contributed by atoms with E-state index in [1.165, 1.54) is 43.4 Å². The van der Waals surface area contributed by atoms with E-state index < -0.39 is 10.8 Å². The largest absolute Gasteiger partial charge is 0.249 e. The molecule has 9 rings (SSSR count). The fraction of sp³-hybridized carbons (Fsp3) is 0.0233. The molecule has 0 saturated heterocycles. The molecule has 0 bridgehead atoms. The molecule has 1 aliphatic heterocycles. The Hall–Kier alpha value is -5.31. The van der Waals surface area contributed by atoms with Crippen LogP contribution in [-0.2, 0) is 10.8 Å². The second kappa shape index (κ2) is 10.1. The van der Waals surface area contributed by atoms with Crippen LogP contribution < -0.4 is 0 Å². The van der Waals surface area contributed by atoms with Crippen molar-refractivity contribution in [1.82, 2.24) is 0 Å². The quantitative estimate of drug-likeness (QED) is 0.187. The van der Waals surface area contributed by atoms with Crippen LogP contribution in [0.1, 0.15) is 5.56 Å². The molecule has 1 atom stereocenters. The number of aryl methyl sites for hydroxylation is 1. The molecule has 1 heterocycles. The lowest BCUT2D eigenvalue weighted by Crippen LogP contribution is -1.92. The Labute approximate surface area is 264 Å². The summed E-state index contributed by atoms with van der Waals surface area (Å²) in [4.78, 5) is 1.83. The van der Waals surface area contributed by atoms with Crippen molar-refractivity contribution in [3.05, 3.63) is 157 Å². The molecule has 0 amide bonds. The first-order valence-electron chi connectivity index (χ1n) is 15.3. The van der Waals surface area contributed by atoms with Crippen molar-refractivity contribution in [3.63, 3.8) is 0 Å². The summed E-state index contributed by atoms with van der Waals surface area (Å²) in [7, 11) is -1.21. The van der Waals surface area contributed by atoms with E-state index in [4.69, 9.17) is 0 Å². The van der Waals surface area contributed by atoms with Gasteiger partial charge in [-0.3, -0.25) is 0 Å². The van der Waals surface area contributed by atoms with Gasteiger partial charge >= 0.3 is 0 Å². The van der Waals surface area contributed by atoms with Crippen molar-refractivity contribution in [2.75, 3.05) is 0 Å². The van der Waals surface area contributed by atoms with Crippen molar-refractivity contribution >= 4 is 43.1 Å². The van der Waals surface area contributed by atoms with Crippen LogP contribution in [0.4, 0.5) is 0 Å². The number of benzene rings is 8. The van der Waals surface area contributed by atoms with Gasteiger partial charge in [0.1, 0.15) is 0 Å². The highest BCUT2D eigenvalue weighted by Gasteiger charge is 2.28. The minimum Gasteiger partial charge on any atom is -0.249 e. The smallest absolute Gasteiger partial charge is 0.0868 e. The molecule has 0 N–H and O–H groups in total. The third-order valence-electron chi connectivity index (χ3n) is 9.27. The molecule has 0 aromatic heterocycles. The zero-order valence-corrected chi connectivity index (χ0v) is 25.6. The number of hydrogen-bond donors (Lipinski definition) is 0. The summed E-state index contributed by atoms with van der Waals surface area (Å²) < 4.78 is 13.7. The Morgan fingerprint density at radius 1 is 0.378 bits per heavy atom. The van der Waals surface area contributed by atoms with Gasteiger partial charge in [0, 0.05) is 5.56 Å². The van der Waals surface area contributed by atoms with Gasteiger partial charge in [0.15, 0.2) is 0 Å². The SMILES string of the molecule is Cc1ccc2c(c1)S(=O)c1c(-c3cccc(-c4cccc(-c5ccc6c7ccccc7c7ccccc7c6c5)c4)c3)cccc1-2. The lowest BCUT2D eigenvalue weighted by Gasteiger charge is -2.13. The standard InChI is InChI=1S/C43H28OS/c1-27-19-21-39-40-18-8-17-33(43(40)45(44)42(39)23-27)32-12-7-11-30(25-32)28-9-6-10-29(24-28)31-20-22-38-36-15-3-2-13-34(36)35-14-4-5-16-37(35)41(38)26-31/h2-26H,1H3. The molecule has 0 saturated carbocycles. The predicted octanol–water partition coefficient (Wildman–Crippen LogP) is 11.6. The molecule has 0 aliphatic carbocycles. The van der Waals surface area contributed by atoms with E-state index in [0.29, 0.717) is 0 Å². The molecule has 1 unspecified atom stereocenters. The Balaban J connectivity index is 1.14. The number of fused-ring (bicyclic) bond motifs is 9. The average Bonchev–Trinajstić information content (AvgIpc) is 3.39. The highest BCUT2D eigenvalue weighted by Crippen LogP contribution is 2.46. The molecule has 0 radical (unpaired) electrons. The fourth-order valence-corrected chi connectivity index (χ4v) is 8.78. The van der Waals surface area contributed by atoms with E-state index >= 15 is 0 Å². The molecular formula is C43H28OS. The zero-order valence-electron chi connectivity index (χ0n) is 24.8. The van der Waals surface area contributed by atoms with Gasteiger partial charge in [-0.1, -0.05) is 127 Å². The van der Waals surface area contributed by atoms with Crippen LogP contribution in [0.3, 0.4) is 0 Å². The van der Waals surface area contributed by atoms with E-state index in [0.717, 1.165) is 48.7 Å². The molecule has 8 aromatic carbocycles. The number of rotatable bonds is 3. The van der Waals surface area contributed by atoms with Crippen molar-refractivity contribution in [2.24, 2.45) is 0 Å². The fourth-order valence-electron chi connectivity index (χ4n) is 7.12. The molecule has 1 nitrogen and oxygen atoms in total. The van der Waals surface area contributed by atoms with E-state index in [2.05, 4.69) is 159 Å². The maximum atomic E-state index is 13.7. The zero-order chi connectivity index (χ0) is 30.1. The van der Waals surface area contributed by atoms with E-state index in [1.807, 2.05) is 0 Å². The van der Waals surface area contributed by atoms with Crippen molar-refractivity contribution in [3.8, 4) is 44.5 Å². The van der Waals surface area contributed by atoms with Crippen molar-refractivity contribution in [1.29, 1.82) is 0 Å². The Morgan fingerprint density at radius 2 is 0.889 bits per heavy atom. The van der Waals surface area contributed by atoms with Crippen molar-refractivity contribution < 1.29 is 4.21 Å². The molecule has 8 aromatic rings. The average molecular weight is 593 g/mol. The third-order valence-corrected chi connectivity index (χ3v) is 10.8. The Bertz CT molecular complexity index is 2490. The van der Waals surface area contributed by atoms with Crippen LogP contribution in [-0.4, -0.2) is 4.21 Å². The van der Waals surface area contributed by atoms with E-state index in [9.17, 15) is 4.21 Å². The first-order chi connectivity index (χ1) is 22.1. The van der Waals surface area contributed by atoms with Crippen LogP contribution in [0, 0.1) is 6.92 Å². The number of hydrogen-bond acceptors (Lipinski definition) is 1. The normalized spacial score (nSPS) is 13.8. The maximum absolute atomic E-state index is 13.7. The lowest BCUT2D eigenvalue weighted by atomic mass is 9.91. The maximum Gasteiger partial charge on any atom is 0.0868 e. The monoisotopic (exact) mass is 592 g/mol. The molecule has 2 heteroatoms. The van der Waals surface area contributed by atoms with E-state index in [1.54, 1.807) is 0 Å². The van der Waals surface area contributed by atoms with Gasteiger partial charge in [-0.25, -0.2) is 4.21 Å². The second-order valence-electron chi connectivity index (χ2n) is 12.0. The van der Waals surface area contributed by atoms with Gasteiger partial charge in [-0.2, -0.15) is 0 Å². The Kier molecular flexibility index (Phi) is 5.88. The summed E-state index contributed by atoms with van der Waals surface area (Å²) in [6, 6.07) is 54.3. The summed E-state index contributed by atoms with van der Waals surface area (Å²) in [5.41, 5.74) is 10.1. The third kappa shape index (κ3) is 4.10. The summed E-state index contributed by atoms with van der Waals surface area (Å²) >= 11 is 0. The van der Waals surface area contributed by atoms with Crippen LogP contribution in [0.5, 0.6) is 0 Å². The van der Waals surface area contributed by atoms with Gasteiger partial charge in [0.2, 0.25) is 0 Å².